The molecule has 0 aromatic carbocycles. The molecule has 0 spiro atoms. The van der Waals surface area contributed by atoms with Crippen molar-refractivity contribution in [1.29, 1.82) is 0 Å². The van der Waals surface area contributed by atoms with Crippen molar-refractivity contribution in [3.05, 3.63) is 17.5 Å². The lowest BCUT2D eigenvalue weighted by atomic mass is 9.93. The summed E-state index contributed by atoms with van der Waals surface area (Å²) in [6, 6.07) is 0. The van der Waals surface area contributed by atoms with E-state index in [0.29, 0.717) is 19.0 Å². The normalized spacial score (nSPS) is 12.0. The van der Waals surface area contributed by atoms with E-state index in [1.165, 1.54) is 5.56 Å². The molecule has 1 rings (SSSR count). The van der Waals surface area contributed by atoms with Gasteiger partial charge in [0.15, 0.2) is 5.96 Å². The van der Waals surface area contributed by atoms with Crippen LogP contribution in [0.1, 0.15) is 51.8 Å². The number of nitrogens with one attached hydrogen (secondary N) is 2. The number of rotatable bonds is 7. The molecule has 0 atom stereocenters. The van der Waals surface area contributed by atoms with Crippen molar-refractivity contribution in [2.75, 3.05) is 27.2 Å². The fourth-order valence-electron chi connectivity index (χ4n) is 2.65. The maximum Gasteiger partial charge on any atom is 0.227 e. The molecule has 1 aromatic rings. The second-order valence-corrected chi connectivity index (χ2v) is 7.36. The van der Waals surface area contributed by atoms with Crippen molar-refractivity contribution in [3.63, 3.8) is 0 Å². The van der Waals surface area contributed by atoms with Crippen LogP contribution < -0.4 is 10.6 Å². The fraction of sp³-hybridized carbons (Fsp3) is 0.722. The fourth-order valence-corrected chi connectivity index (χ4v) is 2.65. The number of carbonyl (C=O) groups is 1. The number of amides is 1. The third-order valence-electron chi connectivity index (χ3n) is 4.05. The van der Waals surface area contributed by atoms with E-state index >= 15 is 0 Å². The van der Waals surface area contributed by atoms with E-state index < -0.39 is 5.41 Å². The van der Waals surface area contributed by atoms with Crippen LogP contribution in [0.4, 0.5) is 0 Å². The molecule has 7 nitrogen and oxygen atoms in total. The summed E-state index contributed by atoms with van der Waals surface area (Å²) in [7, 11) is 5.60. The van der Waals surface area contributed by atoms with Gasteiger partial charge in [0.25, 0.3) is 0 Å². The average molecular weight is 478 g/mol. The molecule has 26 heavy (non-hydrogen) atoms. The first-order chi connectivity index (χ1) is 11.6. The van der Waals surface area contributed by atoms with Crippen LogP contribution in [0.15, 0.2) is 11.2 Å². The molecule has 0 radical (unpaired) electrons. The van der Waals surface area contributed by atoms with E-state index in [4.69, 9.17) is 0 Å². The van der Waals surface area contributed by atoms with Crippen LogP contribution in [0.2, 0.25) is 0 Å². The van der Waals surface area contributed by atoms with Gasteiger partial charge in [-0.1, -0.05) is 13.8 Å². The van der Waals surface area contributed by atoms with Crippen molar-refractivity contribution in [2.45, 2.75) is 47.1 Å². The van der Waals surface area contributed by atoms with Crippen molar-refractivity contribution in [1.82, 2.24) is 25.3 Å². The Morgan fingerprint density at radius 2 is 2.04 bits per heavy atom. The minimum atomic E-state index is -0.548. The number of halogens is 1. The van der Waals surface area contributed by atoms with Gasteiger partial charge in [0.05, 0.1) is 17.7 Å². The summed E-state index contributed by atoms with van der Waals surface area (Å²) in [6.07, 6.45) is 2.06. The molecule has 0 aliphatic heterocycles. The number of hydrogen-bond donors (Lipinski definition) is 2. The Morgan fingerprint density at radius 1 is 1.42 bits per heavy atom. The number of aryl methyl sites for hydroxylation is 1. The van der Waals surface area contributed by atoms with Crippen LogP contribution in [-0.2, 0) is 18.4 Å². The van der Waals surface area contributed by atoms with Crippen molar-refractivity contribution < 1.29 is 4.79 Å². The summed E-state index contributed by atoms with van der Waals surface area (Å²) in [5.74, 6) is 1.15. The first-order valence-corrected chi connectivity index (χ1v) is 8.86. The lowest BCUT2D eigenvalue weighted by Crippen LogP contribution is -2.41. The van der Waals surface area contributed by atoms with Gasteiger partial charge >= 0.3 is 0 Å². The van der Waals surface area contributed by atoms with Gasteiger partial charge in [-0.05, 0) is 26.7 Å². The van der Waals surface area contributed by atoms with E-state index in [0.717, 1.165) is 18.2 Å². The van der Waals surface area contributed by atoms with E-state index in [-0.39, 0.29) is 29.9 Å². The largest absolute Gasteiger partial charge is 0.359 e. The van der Waals surface area contributed by atoms with Gasteiger partial charge in [-0.25, -0.2) is 0 Å². The molecule has 1 heterocycles. The lowest BCUT2D eigenvalue weighted by molar-refractivity contribution is -0.128. The van der Waals surface area contributed by atoms with Crippen LogP contribution in [-0.4, -0.2) is 53.7 Å². The number of aliphatic imine (C=N–C) groups is 1. The molecule has 0 bridgehead atoms. The molecule has 0 aliphatic rings. The lowest BCUT2D eigenvalue weighted by Gasteiger charge is -2.25. The van der Waals surface area contributed by atoms with Crippen molar-refractivity contribution in [3.8, 4) is 0 Å². The molecule has 0 saturated carbocycles. The van der Waals surface area contributed by atoms with E-state index in [1.807, 2.05) is 39.5 Å². The monoisotopic (exact) mass is 478 g/mol. The summed E-state index contributed by atoms with van der Waals surface area (Å²) in [5.41, 5.74) is 1.75. The predicted octanol–water partition coefficient (Wildman–Crippen LogP) is 2.33. The van der Waals surface area contributed by atoms with E-state index in [2.05, 4.69) is 45.7 Å². The Balaban J connectivity index is 0.00000625. The zero-order valence-electron chi connectivity index (χ0n) is 17.4. The zero-order valence-corrected chi connectivity index (χ0v) is 19.7. The SMILES string of the molecule is CCNC(=NCC(C)(C)C(=O)NC)N(C)Cc1cn(C)nc1C(C)C.I. The van der Waals surface area contributed by atoms with E-state index in [9.17, 15) is 4.79 Å². The second kappa shape index (κ2) is 10.7. The highest BCUT2D eigenvalue weighted by Gasteiger charge is 2.26. The van der Waals surface area contributed by atoms with Crippen LogP contribution in [0.3, 0.4) is 0 Å². The Bertz CT molecular complexity index is 609. The molecular formula is C18H35IN6O. The molecule has 150 valence electrons. The highest BCUT2D eigenvalue weighted by molar-refractivity contribution is 14.0. The first kappa shape index (κ1) is 24.7. The van der Waals surface area contributed by atoms with Crippen LogP contribution >= 0.6 is 24.0 Å². The Labute approximate surface area is 175 Å². The Hall–Kier alpha value is -1.32. The molecular weight excluding hydrogens is 443 g/mol. The number of guanidine groups is 1. The number of hydrogen-bond acceptors (Lipinski definition) is 3. The van der Waals surface area contributed by atoms with Gasteiger partial charge in [-0.3, -0.25) is 14.5 Å². The maximum absolute atomic E-state index is 12.0. The Kier molecular flexibility index (Phi) is 10.2. The van der Waals surface area contributed by atoms with Gasteiger partial charge in [0, 0.05) is 46.0 Å². The van der Waals surface area contributed by atoms with Crippen molar-refractivity contribution in [2.24, 2.45) is 17.5 Å². The second-order valence-electron chi connectivity index (χ2n) is 7.36. The molecule has 0 fully saturated rings. The topological polar surface area (TPSA) is 74.6 Å². The molecule has 0 unspecified atom stereocenters. The first-order valence-electron chi connectivity index (χ1n) is 8.86. The quantitative estimate of drug-likeness (QED) is 0.359. The molecule has 0 saturated heterocycles. The molecule has 1 aromatic heterocycles. The number of carbonyl (C=O) groups excluding carboxylic acids is 1. The standard InChI is InChI=1S/C18H34N6O.HI/c1-9-20-17(21-12-18(4,5)16(25)19-6)23(7)10-14-11-24(8)22-15(14)13(2)3;/h11,13H,9-10,12H2,1-8H3,(H,19,25)(H,20,21);1H. The third-order valence-corrected chi connectivity index (χ3v) is 4.05. The van der Waals surface area contributed by atoms with Gasteiger partial charge in [0.2, 0.25) is 5.91 Å². The van der Waals surface area contributed by atoms with Crippen molar-refractivity contribution >= 4 is 35.8 Å². The van der Waals surface area contributed by atoms with Crippen LogP contribution in [0, 0.1) is 5.41 Å². The molecule has 1 amide bonds. The summed E-state index contributed by atoms with van der Waals surface area (Å²) in [4.78, 5) is 18.7. The summed E-state index contributed by atoms with van der Waals surface area (Å²) in [5, 5.41) is 10.6. The van der Waals surface area contributed by atoms with Gasteiger partial charge in [-0.2, -0.15) is 5.10 Å². The molecule has 0 aliphatic carbocycles. The highest BCUT2D eigenvalue weighted by Crippen LogP contribution is 2.19. The predicted molar refractivity (Wildman–Crippen MR) is 118 cm³/mol. The highest BCUT2D eigenvalue weighted by atomic mass is 127. The number of nitrogens with zero attached hydrogens (tertiary/aromatic N) is 4. The molecule has 2 N–H and O–H groups in total. The van der Waals surface area contributed by atoms with Gasteiger partial charge < -0.3 is 15.5 Å². The third kappa shape index (κ3) is 6.77. The summed E-state index contributed by atoms with van der Waals surface area (Å²) >= 11 is 0. The number of aromatic nitrogens is 2. The van der Waals surface area contributed by atoms with Gasteiger partial charge in [-0.15, -0.1) is 24.0 Å². The van der Waals surface area contributed by atoms with E-state index in [1.54, 1.807) is 7.05 Å². The smallest absolute Gasteiger partial charge is 0.227 e. The summed E-state index contributed by atoms with van der Waals surface area (Å²) < 4.78 is 1.86. The van der Waals surface area contributed by atoms with Crippen LogP contribution in [0.5, 0.6) is 0 Å². The summed E-state index contributed by atoms with van der Waals surface area (Å²) in [6.45, 7) is 12.0. The molecule has 8 heteroatoms. The average Bonchev–Trinajstić information content (AvgIpc) is 2.91. The Morgan fingerprint density at radius 3 is 2.54 bits per heavy atom. The van der Waals surface area contributed by atoms with Gasteiger partial charge in [0.1, 0.15) is 0 Å². The maximum atomic E-state index is 12.0. The minimum Gasteiger partial charge on any atom is -0.359 e. The van der Waals surface area contributed by atoms with Crippen LogP contribution in [0.25, 0.3) is 0 Å². The minimum absolute atomic E-state index is 0. The zero-order chi connectivity index (χ0) is 19.2.